The number of hydroxylamine groups is 2. The zero-order chi connectivity index (χ0) is 44.3. The molecule has 13 heteroatoms. The number of aliphatic hydroxyl groups excluding tert-OH is 3. The van der Waals surface area contributed by atoms with E-state index in [0.717, 1.165) is 64.3 Å². The number of rotatable bonds is 18. The van der Waals surface area contributed by atoms with Crippen molar-refractivity contribution in [2.45, 2.75) is 160 Å². The van der Waals surface area contributed by atoms with Crippen LogP contribution in [0.25, 0.3) is 0 Å². The van der Waals surface area contributed by atoms with Crippen molar-refractivity contribution in [3.63, 3.8) is 0 Å². The molecule has 1 saturated heterocycles. The Morgan fingerprint density at radius 2 is 1.67 bits per heavy atom. The summed E-state index contributed by atoms with van der Waals surface area (Å²) in [7, 11) is 12.4. The fourth-order valence-electron chi connectivity index (χ4n) is 14.0. The lowest BCUT2D eigenvalue weighted by molar-refractivity contribution is -0.193. The van der Waals surface area contributed by atoms with Crippen molar-refractivity contribution in [3.8, 4) is 0 Å². The van der Waals surface area contributed by atoms with Crippen LogP contribution < -0.4 is 10.6 Å². The molecule has 2 bridgehead atoms. The summed E-state index contributed by atoms with van der Waals surface area (Å²) >= 11 is 0. The molecule has 0 aromatic rings. The van der Waals surface area contributed by atoms with Crippen LogP contribution in [0.3, 0.4) is 0 Å². The molecule has 7 aliphatic rings. The highest BCUT2D eigenvalue weighted by Gasteiger charge is 2.58. The van der Waals surface area contributed by atoms with Gasteiger partial charge in [0.1, 0.15) is 12.1 Å². The molecule has 2 amide bonds. The Morgan fingerprint density at radius 3 is 2.30 bits per heavy atom. The minimum Gasteiger partial charge on any atom is -0.395 e. The average Bonchev–Trinajstić information content (AvgIpc) is 3.59. The van der Waals surface area contributed by atoms with Gasteiger partial charge >= 0.3 is 0 Å². The Balaban J connectivity index is 1.14. The van der Waals surface area contributed by atoms with Gasteiger partial charge in [0.25, 0.3) is 0 Å². The molecule has 6 aliphatic carbocycles. The van der Waals surface area contributed by atoms with Crippen molar-refractivity contribution < 1.29 is 34.5 Å². The van der Waals surface area contributed by atoms with Crippen LogP contribution in [-0.4, -0.2) is 171 Å². The summed E-state index contributed by atoms with van der Waals surface area (Å²) in [6.45, 7) is 10.6. The maximum atomic E-state index is 14.5. The second-order valence-corrected chi connectivity index (χ2v) is 22.2. The molecule has 352 valence electrons. The normalized spacial score (nSPS) is 40.2. The van der Waals surface area contributed by atoms with Crippen LogP contribution in [0, 0.1) is 58.7 Å². The molecule has 0 radical (unpaired) electrons. The average molecular weight is 861 g/mol. The predicted molar refractivity (Wildman–Crippen MR) is 239 cm³/mol. The second-order valence-electron chi connectivity index (χ2n) is 22.2. The van der Waals surface area contributed by atoms with Crippen molar-refractivity contribution >= 4 is 11.8 Å². The van der Waals surface area contributed by atoms with Gasteiger partial charge in [0, 0.05) is 68.7 Å². The van der Waals surface area contributed by atoms with Gasteiger partial charge in [-0.3, -0.25) is 14.4 Å². The van der Waals surface area contributed by atoms with Crippen molar-refractivity contribution in [1.82, 2.24) is 30.4 Å². The first-order valence-corrected chi connectivity index (χ1v) is 24.4. The molecule has 6 saturated carbocycles. The minimum absolute atomic E-state index is 0.0775. The number of likely N-dealkylation sites (N-methyl/N-ethyl adjacent to an activating group) is 2. The van der Waals surface area contributed by atoms with E-state index < -0.39 is 24.2 Å². The topological polar surface area (TPSA) is 150 Å². The lowest BCUT2D eigenvalue weighted by atomic mass is 9.45. The minimum atomic E-state index is -0.838. The van der Waals surface area contributed by atoms with Crippen molar-refractivity contribution in [2.24, 2.45) is 58.7 Å². The van der Waals surface area contributed by atoms with Gasteiger partial charge in [0.05, 0.1) is 25.4 Å². The van der Waals surface area contributed by atoms with Crippen LogP contribution in [0.5, 0.6) is 0 Å². The van der Waals surface area contributed by atoms with Gasteiger partial charge < -0.3 is 45.4 Å². The van der Waals surface area contributed by atoms with Gasteiger partial charge in [0.15, 0.2) is 0 Å². The first-order chi connectivity index (χ1) is 29.0. The molecule has 7 fully saturated rings. The van der Waals surface area contributed by atoms with E-state index >= 15 is 0 Å². The molecule has 17 atom stereocenters. The van der Waals surface area contributed by atoms with Gasteiger partial charge in [0.2, 0.25) is 11.8 Å². The van der Waals surface area contributed by atoms with E-state index in [-0.39, 0.29) is 67.0 Å². The zero-order valence-electron chi connectivity index (χ0n) is 39.8. The molecule has 61 heavy (non-hydrogen) atoms. The second kappa shape index (κ2) is 21.3. The van der Waals surface area contributed by atoms with Crippen LogP contribution in [0.4, 0.5) is 0 Å². The van der Waals surface area contributed by atoms with Gasteiger partial charge in [-0.1, -0.05) is 40.0 Å². The highest BCUT2D eigenvalue weighted by atomic mass is 16.7. The lowest BCUT2D eigenvalue weighted by Gasteiger charge is -2.62. The smallest absolute Gasteiger partial charge is 0.240 e. The van der Waals surface area contributed by atoms with E-state index in [1.54, 1.807) is 12.0 Å². The zero-order valence-corrected chi connectivity index (χ0v) is 39.8. The van der Waals surface area contributed by atoms with Gasteiger partial charge in [-0.05, 0) is 147 Å². The number of amides is 2. The molecule has 7 rings (SSSR count). The SMILES string of the molecule is COC1C(CN2O[C@@H](CO)[C@@H]([C@H](C)O)[C@H]2C(=O)N[C@H]2CC3C[C@@H]([C@@H]2C)C3(C)C)CCCC1C1CC(C(=O)N[C@@H](CC2CCCC(N(C)CCO)C2)CN(C)C)CC(N(C)C)C1. The summed E-state index contributed by atoms with van der Waals surface area (Å²) in [6.07, 6.45) is 11.9. The van der Waals surface area contributed by atoms with E-state index in [1.165, 1.54) is 25.7 Å². The van der Waals surface area contributed by atoms with Crippen LogP contribution in [0.1, 0.15) is 111 Å². The fourth-order valence-corrected chi connectivity index (χ4v) is 14.0. The van der Waals surface area contributed by atoms with Crippen LogP contribution in [-0.2, 0) is 19.2 Å². The number of methoxy groups -OCH3 is 1. The number of hydrogen-bond acceptors (Lipinski definition) is 11. The Bertz CT molecular complexity index is 1420. The molecule has 0 spiro atoms. The van der Waals surface area contributed by atoms with E-state index in [0.29, 0.717) is 54.1 Å². The molecule has 0 aromatic heterocycles. The fraction of sp³-hybridized carbons (Fsp3) is 0.958. The summed E-state index contributed by atoms with van der Waals surface area (Å²) in [6, 6.07) is 0.213. The molecule has 13 nitrogen and oxygen atoms in total. The molecule has 5 N–H and O–H groups in total. The number of nitrogens with zero attached hydrogens (tertiary/aromatic N) is 4. The van der Waals surface area contributed by atoms with Crippen molar-refractivity contribution in [1.29, 1.82) is 0 Å². The Labute approximate surface area is 369 Å². The third-order valence-corrected chi connectivity index (χ3v) is 17.6. The molecule has 0 aromatic carbocycles. The van der Waals surface area contributed by atoms with E-state index in [2.05, 4.69) is 81.3 Å². The van der Waals surface area contributed by atoms with Crippen LogP contribution in [0.15, 0.2) is 0 Å². The van der Waals surface area contributed by atoms with E-state index in [4.69, 9.17) is 9.57 Å². The highest BCUT2D eigenvalue weighted by Crippen LogP contribution is 2.61. The van der Waals surface area contributed by atoms with Gasteiger partial charge in [-0.15, -0.1) is 0 Å². The van der Waals surface area contributed by atoms with E-state index in [9.17, 15) is 24.9 Å². The van der Waals surface area contributed by atoms with E-state index in [1.807, 2.05) is 7.11 Å². The number of carbonyl (C=O) groups is 2. The third kappa shape index (κ3) is 11.2. The number of carbonyl (C=O) groups excluding carboxylic acids is 2. The highest BCUT2D eigenvalue weighted by molar-refractivity contribution is 5.83. The molecule has 9 unspecified atom stereocenters. The molecular formula is C48H88N6O7. The molecular weight excluding hydrogens is 773 g/mol. The number of aliphatic hydroxyl groups is 3. The first kappa shape index (κ1) is 49.0. The third-order valence-electron chi connectivity index (χ3n) is 17.6. The van der Waals surface area contributed by atoms with Crippen LogP contribution in [0.2, 0.25) is 0 Å². The van der Waals surface area contributed by atoms with Gasteiger partial charge in [-0.2, -0.15) is 5.06 Å². The summed E-state index contributed by atoms with van der Waals surface area (Å²) in [5.74, 6) is 2.17. The van der Waals surface area contributed by atoms with Crippen molar-refractivity contribution in [2.75, 3.05) is 75.2 Å². The summed E-state index contributed by atoms with van der Waals surface area (Å²) in [5.41, 5.74) is 0.307. The lowest BCUT2D eigenvalue weighted by Crippen LogP contribution is -2.62. The largest absolute Gasteiger partial charge is 0.395 e. The Morgan fingerprint density at radius 1 is 0.934 bits per heavy atom. The number of fused-ring (bicyclic) bond motifs is 2. The summed E-state index contributed by atoms with van der Waals surface area (Å²) in [4.78, 5) is 42.2. The first-order valence-electron chi connectivity index (χ1n) is 24.4. The summed E-state index contributed by atoms with van der Waals surface area (Å²) < 4.78 is 6.48. The monoisotopic (exact) mass is 861 g/mol. The number of nitrogens with one attached hydrogen (secondary N) is 2. The molecule has 1 heterocycles. The quantitative estimate of drug-likeness (QED) is 0.137. The number of ether oxygens (including phenoxy) is 1. The van der Waals surface area contributed by atoms with Crippen molar-refractivity contribution in [3.05, 3.63) is 0 Å². The maximum absolute atomic E-state index is 14.5. The van der Waals surface area contributed by atoms with Gasteiger partial charge in [-0.25, -0.2) is 0 Å². The van der Waals surface area contributed by atoms with Crippen LogP contribution >= 0.6 is 0 Å². The Kier molecular flexibility index (Phi) is 17.1. The predicted octanol–water partition coefficient (Wildman–Crippen LogP) is 3.84. The maximum Gasteiger partial charge on any atom is 0.240 e. The molecule has 1 aliphatic heterocycles. The summed E-state index contributed by atoms with van der Waals surface area (Å²) in [5, 5.41) is 39.9. The standard InChI is InChI=1S/C48H88N6O7/c1-29-40-24-35(48(40,3)4)25-41(29)50-47(59)44-43(30(2)57)42(28-56)61-54(44)26-32-14-12-16-39(45(32)60-10)33-21-34(23-38(22-33)52(7)8)46(58)49-36(27-51(5)6)19-31-13-11-15-37(20-31)53(9)17-18-55/h29-45,55-57H,11-28H2,1-10H3,(H,49,58)(H,50,59)/t29-,30-,31?,32?,33?,34?,35?,36-,37?,38?,39?,40-,41-,42-,43+,44-,45?/m0/s1. The number of hydrogen-bond donors (Lipinski definition) is 5. The Hall–Kier alpha value is -1.42.